The molecular formula is C16H22N4. The maximum atomic E-state index is 5.86. The zero-order valence-electron chi connectivity index (χ0n) is 12.1. The molecule has 0 radical (unpaired) electrons. The Kier molecular flexibility index (Phi) is 3.36. The minimum atomic E-state index is 0.189. The van der Waals surface area contributed by atoms with Gasteiger partial charge in [-0.15, -0.1) is 0 Å². The van der Waals surface area contributed by atoms with E-state index in [4.69, 9.17) is 5.84 Å². The highest BCUT2D eigenvalue weighted by Gasteiger charge is 2.50. The topological polar surface area (TPSA) is 55.9 Å². The number of hydrogen-bond acceptors (Lipinski definition) is 3. The standard InChI is InChI=1S/C16H22N4/c1-12-10-14(20(2)19-12)11-15(18-17)16(8-9-16)13-6-4-3-5-7-13/h3-7,10,15,18H,8-9,11,17H2,1-2H3. The number of benzene rings is 1. The predicted octanol–water partition coefficient (Wildman–Crippen LogP) is 1.83. The van der Waals surface area contributed by atoms with Crippen molar-refractivity contribution >= 4 is 0 Å². The van der Waals surface area contributed by atoms with Gasteiger partial charge in [-0.25, -0.2) is 0 Å². The molecule has 1 aromatic carbocycles. The Morgan fingerprint density at radius 3 is 2.55 bits per heavy atom. The first kappa shape index (κ1) is 13.3. The molecule has 4 nitrogen and oxygen atoms in total. The monoisotopic (exact) mass is 270 g/mol. The van der Waals surface area contributed by atoms with Crippen molar-refractivity contribution in [2.75, 3.05) is 0 Å². The molecule has 1 fully saturated rings. The third kappa shape index (κ3) is 2.25. The molecule has 106 valence electrons. The Morgan fingerprint density at radius 2 is 2.05 bits per heavy atom. The number of aryl methyl sites for hydroxylation is 2. The van der Waals surface area contributed by atoms with E-state index in [1.54, 1.807) is 0 Å². The first-order chi connectivity index (χ1) is 9.65. The number of aromatic nitrogens is 2. The summed E-state index contributed by atoms with van der Waals surface area (Å²) in [7, 11) is 2.00. The van der Waals surface area contributed by atoms with Gasteiger partial charge in [0.05, 0.1) is 5.69 Å². The highest BCUT2D eigenvalue weighted by atomic mass is 15.3. The molecule has 20 heavy (non-hydrogen) atoms. The van der Waals surface area contributed by atoms with Crippen LogP contribution in [0, 0.1) is 6.92 Å². The lowest BCUT2D eigenvalue weighted by atomic mass is 9.86. The van der Waals surface area contributed by atoms with Gasteiger partial charge in [0.2, 0.25) is 0 Å². The fourth-order valence-corrected chi connectivity index (χ4v) is 3.22. The molecular weight excluding hydrogens is 248 g/mol. The number of nitrogens with two attached hydrogens (primary N) is 1. The van der Waals surface area contributed by atoms with Gasteiger partial charge < -0.3 is 0 Å². The van der Waals surface area contributed by atoms with Crippen LogP contribution in [0.2, 0.25) is 0 Å². The van der Waals surface area contributed by atoms with Gasteiger partial charge in [-0.1, -0.05) is 30.3 Å². The van der Waals surface area contributed by atoms with Gasteiger partial charge in [0, 0.05) is 30.6 Å². The highest BCUT2D eigenvalue weighted by Crippen LogP contribution is 2.51. The van der Waals surface area contributed by atoms with Crippen LogP contribution in [0.3, 0.4) is 0 Å². The van der Waals surface area contributed by atoms with Crippen LogP contribution in [0.25, 0.3) is 0 Å². The van der Waals surface area contributed by atoms with Crippen LogP contribution in [-0.4, -0.2) is 15.8 Å². The summed E-state index contributed by atoms with van der Waals surface area (Å²) in [4.78, 5) is 0. The molecule has 1 atom stereocenters. The van der Waals surface area contributed by atoms with Gasteiger partial charge in [-0.05, 0) is 31.4 Å². The summed E-state index contributed by atoms with van der Waals surface area (Å²) in [5, 5.41) is 4.42. The van der Waals surface area contributed by atoms with Gasteiger partial charge in [-0.2, -0.15) is 5.10 Å². The summed E-state index contributed by atoms with van der Waals surface area (Å²) >= 11 is 0. The first-order valence-corrected chi connectivity index (χ1v) is 7.17. The van der Waals surface area contributed by atoms with E-state index in [9.17, 15) is 0 Å². The van der Waals surface area contributed by atoms with Crippen LogP contribution in [-0.2, 0) is 18.9 Å². The summed E-state index contributed by atoms with van der Waals surface area (Å²) in [6.45, 7) is 2.03. The van der Waals surface area contributed by atoms with Crippen molar-refractivity contribution in [1.29, 1.82) is 0 Å². The van der Waals surface area contributed by atoms with E-state index in [2.05, 4.69) is 46.9 Å². The molecule has 0 bridgehead atoms. The summed E-state index contributed by atoms with van der Waals surface area (Å²) < 4.78 is 1.96. The van der Waals surface area contributed by atoms with E-state index in [0.29, 0.717) is 0 Å². The second kappa shape index (κ2) is 5.04. The molecule has 0 aliphatic heterocycles. The molecule has 3 N–H and O–H groups in total. The second-order valence-corrected chi connectivity index (χ2v) is 5.85. The van der Waals surface area contributed by atoms with E-state index < -0.39 is 0 Å². The number of hydrogen-bond donors (Lipinski definition) is 2. The van der Waals surface area contributed by atoms with Crippen molar-refractivity contribution in [2.45, 2.75) is 37.6 Å². The summed E-state index contributed by atoms with van der Waals surface area (Å²) in [6.07, 6.45) is 3.30. The van der Waals surface area contributed by atoms with Crippen molar-refractivity contribution in [3.8, 4) is 0 Å². The number of nitrogens with one attached hydrogen (secondary N) is 1. The molecule has 0 saturated heterocycles. The van der Waals surface area contributed by atoms with Gasteiger partial charge >= 0.3 is 0 Å². The zero-order chi connectivity index (χ0) is 14.2. The molecule has 4 heteroatoms. The molecule has 1 aliphatic rings. The van der Waals surface area contributed by atoms with Crippen LogP contribution in [0.4, 0.5) is 0 Å². The molecule has 1 unspecified atom stereocenters. The fourth-order valence-electron chi connectivity index (χ4n) is 3.22. The number of rotatable bonds is 5. The van der Waals surface area contributed by atoms with E-state index >= 15 is 0 Å². The largest absolute Gasteiger partial charge is 0.272 e. The second-order valence-electron chi connectivity index (χ2n) is 5.85. The average molecular weight is 270 g/mol. The zero-order valence-corrected chi connectivity index (χ0v) is 12.1. The fraction of sp³-hybridized carbons (Fsp3) is 0.438. The Labute approximate surface area is 120 Å². The minimum Gasteiger partial charge on any atom is -0.272 e. The SMILES string of the molecule is Cc1cc(CC(NN)C2(c3ccccc3)CC2)n(C)n1. The number of hydrazine groups is 1. The van der Waals surface area contributed by atoms with Crippen LogP contribution in [0.1, 0.15) is 29.8 Å². The van der Waals surface area contributed by atoms with E-state index in [1.165, 1.54) is 24.1 Å². The number of nitrogens with zero attached hydrogens (tertiary/aromatic N) is 2. The quantitative estimate of drug-likeness (QED) is 0.644. The van der Waals surface area contributed by atoms with Gasteiger partial charge in [0.15, 0.2) is 0 Å². The van der Waals surface area contributed by atoms with Gasteiger partial charge in [-0.3, -0.25) is 16.0 Å². The molecule has 3 rings (SSSR count). The molecule has 1 aliphatic carbocycles. The van der Waals surface area contributed by atoms with Gasteiger partial charge in [0.25, 0.3) is 0 Å². The maximum Gasteiger partial charge on any atom is 0.0596 e. The van der Waals surface area contributed by atoms with E-state index in [0.717, 1.165) is 12.1 Å². The maximum absolute atomic E-state index is 5.86. The average Bonchev–Trinajstić information content (AvgIpc) is 3.19. The van der Waals surface area contributed by atoms with E-state index in [1.807, 2.05) is 18.7 Å². The lowest BCUT2D eigenvalue weighted by Crippen LogP contribution is -2.46. The molecule has 0 spiro atoms. The van der Waals surface area contributed by atoms with Crippen molar-refractivity contribution in [3.63, 3.8) is 0 Å². The Balaban J connectivity index is 1.85. The van der Waals surface area contributed by atoms with Crippen LogP contribution in [0.15, 0.2) is 36.4 Å². The van der Waals surface area contributed by atoms with Crippen molar-refractivity contribution in [2.24, 2.45) is 12.9 Å². The Hall–Kier alpha value is -1.65. The van der Waals surface area contributed by atoms with Crippen molar-refractivity contribution < 1.29 is 0 Å². The third-order valence-corrected chi connectivity index (χ3v) is 4.52. The smallest absolute Gasteiger partial charge is 0.0596 e. The third-order valence-electron chi connectivity index (χ3n) is 4.52. The highest BCUT2D eigenvalue weighted by molar-refractivity contribution is 5.34. The lowest BCUT2D eigenvalue weighted by molar-refractivity contribution is 0.412. The summed E-state index contributed by atoms with van der Waals surface area (Å²) in [5.74, 6) is 5.86. The molecule has 2 aromatic rings. The predicted molar refractivity (Wildman–Crippen MR) is 80.1 cm³/mol. The summed E-state index contributed by atoms with van der Waals surface area (Å²) in [5.41, 5.74) is 6.91. The van der Waals surface area contributed by atoms with E-state index in [-0.39, 0.29) is 11.5 Å². The van der Waals surface area contributed by atoms with Crippen molar-refractivity contribution in [1.82, 2.24) is 15.2 Å². The molecule has 1 heterocycles. The minimum absolute atomic E-state index is 0.189. The van der Waals surface area contributed by atoms with Crippen LogP contribution < -0.4 is 11.3 Å². The van der Waals surface area contributed by atoms with Crippen molar-refractivity contribution in [3.05, 3.63) is 53.3 Å². The first-order valence-electron chi connectivity index (χ1n) is 7.17. The van der Waals surface area contributed by atoms with Crippen LogP contribution >= 0.6 is 0 Å². The molecule has 1 aromatic heterocycles. The van der Waals surface area contributed by atoms with Crippen LogP contribution in [0.5, 0.6) is 0 Å². The summed E-state index contributed by atoms with van der Waals surface area (Å²) in [6, 6.07) is 13.1. The normalized spacial score (nSPS) is 17.9. The Morgan fingerprint density at radius 1 is 1.35 bits per heavy atom. The lowest BCUT2D eigenvalue weighted by Gasteiger charge is -2.27. The molecule has 0 amide bonds. The Bertz CT molecular complexity index is 584. The van der Waals surface area contributed by atoms with Gasteiger partial charge in [0.1, 0.15) is 0 Å². The molecule has 1 saturated carbocycles.